The quantitative estimate of drug-likeness (QED) is 0.764. The second kappa shape index (κ2) is 6.01. The Hall–Kier alpha value is -2.65. The lowest BCUT2D eigenvalue weighted by Crippen LogP contribution is -2.13. The number of hydrogen-bond acceptors (Lipinski definition) is 4. The fraction of sp³-hybridized carbons (Fsp3) is 0.0625. The van der Waals surface area contributed by atoms with Crippen LogP contribution in [0, 0.1) is 0 Å². The number of aromatic nitrogens is 1. The maximum Gasteiger partial charge on any atom is 0.468 e. The first-order valence-electron chi connectivity index (χ1n) is 6.93. The van der Waals surface area contributed by atoms with Crippen molar-refractivity contribution in [1.82, 2.24) is 4.98 Å². The highest BCUT2D eigenvalue weighted by atomic mass is 32.2. The molecule has 130 valence electrons. The van der Waals surface area contributed by atoms with E-state index in [0.717, 1.165) is 0 Å². The molecule has 9 heteroatoms. The van der Waals surface area contributed by atoms with Crippen molar-refractivity contribution in [3.63, 3.8) is 0 Å². The van der Waals surface area contributed by atoms with Crippen LogP contribution in [0.2, 0.25) is 0 Å². The molecule has 0 radical (unpaired) electrons. The van der Waals surface area contributed by atoms with Gasteiger partial charge in [-0.1, -0.05) is 48.5 Å². The van der Waals surface area contributed by atoms with Crippen molar-refractivity contribution in [2.24, 2.45) is 5.14 Å². The summed E-state index contributed by atoms with van der Waals surface area (Å²) in [7, 11) is -4.17. The summed E-state index contributed by atoms with van der Waals surface area (Å²) in [6.07, 6.45) is -4.82. The number of alkyl halides is 3. The Balaban J connectivity index is 2.32. The average molecular weight is 368 g/mol. The summed E-state index contributed by atoms with van der Waals surface area (Å²) >= 11 is 0. The maximum atomic E-state index is 13.0. The van der Waals surface area contributed by atoms with Gasteiger partial charge in [-0.2, -0.15) is 13.2 Å². The van der Waals surface area contributed by atoms with Crippen LogP contribution in [0.5, 0.6) is 0 Å². The SMILES string of the molecule is NS(=O)(=O)c1ccccc1-c1nc(C(F)(F)F)oc1-c1ccccc1. The summed E-state index contributed by atoms with van der Waals surface area (Å²) in [5.41, 5.74) is 0.0102. The van der Waals surface area contributed by atoms with Crippen LogP contribution in [0.1, 0.15) is 5.89 Å². The van der Waals surface area contributed by atoms with Gasteiger partial charge in [0.25, 0.3) is 0 Å². The predicted octanol–water partition coefficient (Wildman–Crippen LogP) is 3.67. The fourth-order valence-corrected chi connectivity index (χ4v) is 3.06. The van der Waals surface area contributed by atoms with Gasteiger partial charge >= 0.3 is 12.1 Å². The molecule has 1 heterocycles. The van der Waals surface area contributed by atoms with E-state index in [9.17, 15) is 21.6 Å². The Kier molecular flexibility index (Phi) is 4.13. The first-order chi connectivity index (χ1) is 11.7. The molecule has 3 rings (SSSR count). The van der Waals surface area contributed by atoms with Crippen molar-refractivity contribution in [3.05, 3.63) is 60.5 Å². The Bertz CT molecular complexity index is 1010. The molecule has 0 aliphatic rings. The van der Waals surface area contributed by atoms with Gasteiger partial charge in [-0.25, -0.2) is 18.5 Å². The number of benzene rings is 2. The lowest BCUT2D eigenvalue weighted by Gasteiger charge is -2.06. The molecule has 0 aliphatic heterocycles. The molecule has 0 amide bonds. The molecule has 0 unspecified atom stereocenters. The predicted molar refractivity (Wildman–Crippen MR) is 83.8 cm³/mol. The Labute approximate surface area is 141 Å². The van der Waals surface area contributed by atoms with Gasteiger partial charge < -0.3 is 4.42 Å². The summed E-state index contributed by atoms with van der Waals surface area (Å²) in [5.74, 6) is -1.66. The lowest BCUT2D eigenvalue weighted by atomic mass is 10.1. The molecule has 0 saturated heterocycles. The van der Waals surface area contributed by atoms with E-state index >= 15 is 0 Å². The number of nitrogens with two attached hydrogens (primary N) is 1. The highest BCUT2D eigenvalue weighted by Crippen LogP contribution is 2.39. The van der Waals surface area contributed by atoms with E-state index in [1.807, 2.05) is 0 Å². The van der Waals surface area contributed by atoms with Crippen LogP contribution in [0.3, 0.4) is 0 Å². The number of primary sulfonamides is 1. The van der Waals surface area contributed by atoms with E-state index < -0.39 is 22.1 Å². The largest absolute Gasteiger partial charge is 0.468 e. The average Bonchev–Trinajstić information content (AvgIpc) is 3.00. The van der Waals surface area contributed by atoms with Crippen LogP contribution in [-0.4, -0.2) is 13.4 Å². The van der Waals surface area contributed by atoms with Crippen molar-refractivity contribution < 1.29 is 26.0 Å². The third-order valence-corrected chi connectivity index (χ3v) is 4.32. The Morgan fingerprint density at radius 3 is 2.16 bits per heavy atom. The first-order valence-corrected chi connectivity index (χ1v) is 8.48. The van der Waals surface area contributed by atoms with E-state index in [4.69, 9.17) is 9.56 Å². The molecule has 0 aliphatic carbocycles. The minimum absolute atomic E-state index is 0.0666. The molecule has 5 nitrogen and oxygen atoms in total. The molecule has 0 fully saturated rings. The standard InChI is InChI=1S/C16H11F3N2O3S/c17-16(18,19)15-21-13(14(24-15)10-6-2-1-3-7-10)11-8-4-5-9-12(11)25(20,22)23/h1-9H,(H2,20,22,23). The monoisotopic (exact) mass is 368 g/mol. The van der Waals surface area contributed by atoms with E-state index in [-0.39, 0.29) is 21.9 Å². The zero-order valence-electron chi connectivity index (χ0n) is 12.5. The van der Waals surface area contributed by atoms with E-state index in [1.165, 1.54) is 36.4 Å². The van der Waals surface area contributed by atoms with Gasteiger partial charge in [0.05, 0.1) is 4.90 Å². The normalized spacial score (nSPS) is 12.3. The number of halogens is 3. The highest BCUT2D eigenvalue weighted by molar-refractivity contribution is 7.89. The lowest BCUT2D eigenvalue weighted by molar-refractivity contribution is -0.156. The molecular formula is C16H11F3N2O3S. The molecule has 25 heavy (non-hydrogen) atoms. The first kappa shape index (κ1) is 17.2. The molecule has 0 spiro atoms. The number of hydrogen-bond donors (Lipinski definition) is 1. The van der Waals surface area contributed by atoms with Crippen LogP contribution in [0.25, 0.3) is 22.6 Å². The van der Waals surface area contributed by atoms with Gasteiger partial charge in [-0.15, -0.1) is 0 Å². The van der Waals surface area contributed by atoms with Gasteiger partial charge in [0, 0.05) is 11.1 Å². The molecule has 1 aromatic heterocycles. The van der Waals surface area contributed by atoms with Crippen LogP contribution in [-0.2, 0) is 16.2 Å². The number of rotatable bonds is 3. The summed E-state index contributed by atoms with van der Waals surface area (Å²) in [6, 6.07) is 13.4. The molecule has 0 bridgehead atoms. The molecule has 3 aromatic rings. The van der Waals surface area contributed by atoms with Crippen LogP contribution in [0.4, 0.5) is 13.2 Å². The zero-order valence-corrected chi connectivity index (χ0v) is 13.3. The van der Waals surface area contributed by atoms with Crippen LogP contribution >= 0.6 is 0 Å². The minimum Gasteiger partial charge on any atom is -0.432 e. The number of nitrogens with zero attached hydrogens (tertiary/aromatic N) is 1. The third kappa shape index (κ3) is 3.42. The van der Waals surface area contributed by atoms with Crippen LogP contribution in [0.15, 0.2) is 63.9 Å². The molecular weight excluding hydrogens is 357 g/mol. The van der Waals surface area contributed by atoms with Crippen molar-refractivity contribution in [3.8, 4) is 22.6 Å². The minimum atomic E-state index is -4.82. The Morgan fingerprint density at radius 1 is 0.960 bits per heavy atom. The van der Waals surface area contributed by atoms with Gasteiger partial charge in [0.1, 0.15) is 5.69 Å². The maximum absolute atomic E-state index is 13.0. The fourth-order valence-electron chi connectivity index (χ4n) is 2.32. The van der Waals surface area contributed by atoms with E-state index in [1.54, 1.807) is 18.2 Å². The molecule has 2 aromatic carbocycles. The summed E-state index contributed by atoms with van der Waals surface area (Å²) < 4.78 is 67.6. The van der Waals surface area contributed by atoms with Crippen molar-refractivity contribution in [1.29, 1.82) is 0 Å². The van der Waals surface area contributed by atoms with Gasteiger partial charge in [-0.3, -0.25) is 0 Å². The summed E-state index contributed by atoms with van der Waals surface area (Å²) in [5, 5.41) is 5.17. The second-order valence-corrected chi connectivity index (χ2v) is 6.63. The van der Waals surface area contributed by atoms with E-state index in [2.05, 4.69) is 4.98 Å². The molecule has 0 saturated carbocycles. The van der Waals surface area contributed by atoms with Crippen LogP contribution < -0.4 is 5.14 Å². The number of oxazole rings is 1. The van der Waals surface area contributed by atoms with Crippen molar-refractivity contribution >= 4 is 10.0 Å². The smallest absolute Gasteiger partial charge is 0.432 e. The summed E-state index contributed by atoms with van der Waals surface area (Å²) in [4.78, 5) is 3.15. The van der Waals surface area contributed by atoms with Gasteiger partial charge in [0.15, 0.2) is 5.76 Å². The highest BCUT2D eigenvalue weighted by Gasteiger charge is 2.39. The summed E-state index contributed by atoms with van der Waals surface area (Å²) in [6.45, 7) is 0. The molecule has 0 atom stereocenters. The van der Waals surface area contributed by atoms with Crippen molar-refractivity contribution in [2.75, 3.05) is 0 Å². The topological polar surface area (TPSA) is 86.2 Å². The van der Waals surface area contributed by atoms with Gasteiger partial charge in [0.2, 0.25) is 10.0 Å². The van der Waals surface area contributed by atoms with E-state index in [0.29, 0.717) is 5.56 Å². The van der Waals surface area contributed by atoms with Crippen molar-refractivity contribution in [2.45, 2.75) is 11.1 Å². The Morgan fingerprint density at radius 2 is 1.56 bits per heavy atom. The second-order valence-electron chi connectivity index (χ2n) is 5.10. The third-order valence-electron chi connectivity index (χ3n) is 3.35. The van der Waals surface area contributed by atoms with Gasteiger partial charge in [-0.05, 0) is 6.07 Å². The number of sulfonamides is 1. The zero-order chi connectivity index (χ0) is 18.2. The molecule has 2 N–H and O–H groups in total.